The van der Waals surface area contributed by atoms with Crippen molar-refractivity contribution in [2.45, 2.75) is 74.9 Å². The molecule has 192 valence electrons. The van der Waals surface area contributed by atoms with Crippen LogP contribution in [0.15, 0.2) is 55.1 Å². The van der Waals surface area contributed by atoms with Crippen LogP contribution in [0.4, 0.5) is 8.78 Å². The van der Waals surface area contributed by atoms with Crippen LogP contribution >= 0.6 is 0 Å². The van der Waals surface area contributed by atoms with Crippen LogP contribution in [0, 0.1) is 11.6 Å². The second kappa shape index (κ2) is 9.64. The second-order valence-electron chi connectivity index (χ2n) is 10.0. The molecule has 2 atom stereocenters. The number of rotatable bonds is 5. The van der Waals surface area contributed by atoms with Gasteiger partial charge in [-0.25, -0.2) is 17.2 Å². The predicted molar refractivity (Wildman–Crippen MR) is 130 cm³/mol. The number of hydrogen-bond acceptors (Lipinski definition) is 5. The van der Waals surface area contributed by atoms with Crippen molar-refractivity contribution in [2.24, 2.45) is 0 Å². The van der Waals surface area contributed by atoms with Crippen molar-refractivity contribution in [2.75, 3.05) is 0 Å². The molecule has 2 heterocycles. The van der Waals surface area contributed by atoms with Crippen LogP contribution < -0.4 is 0 Å². The minimum absolute atomic E-state index is 0.0397. The number of benzene rings is 2. The van der Waals surface area contributed by atoms with Crippen LogP contribution in [-0.2, 0) is 22.2 Å². The highest BCUT2D eigenvalue weighted by Crippen LogP contribution is 2.43. The molecule has 7 nitrogen and oxygen atoms in total. The maximum atomic E-state index is 15.3. The first-order valence-corrected chi connectivity index (χ1v) is 13.8. The third kappa shape index (κ3) is 4.57. The van der Waals surface area contributed by atoms with E-state index >= 15 is 8.78 Å². The molecule has 0 amide bonds. The molecular weight excluding hydrogens is 486 g/mol. The zero-order valence-corrected chi connectivity index (χ0v) is 20.9. The monoisotopic (exact) mass is 516 g/mol. The van der Waals surface area contributed by atoms with Crippen molar-refractivity contribution in [3.8, 4) is 0 Å². The van der Waals surface area contributed by atoms with Crippen LogP contribution in [-0.4, -0.2) is 38.6 Å². The van der Waals surface area contributed by atoms with Gasteiger partial charge in [0.1, 0.15) is 29.5 Å². The molecule has 3 aromatic rings. The van der Waals surface area contributed by atoms with Crippen LogP contribution in [0.1, 0.15) is 73.4 Å². The van der Waals surface area contributed by atoms with Gasteiger partial charge in [0.2, 0.25) is 10.0 Å². The Morgan fingerprint density at radius 1 is 1.00 bits per heavy atom. The van der Waals surface area contributed by atoms with Gasteiger partial charge >= 0.3 is 0 Å². The Bertz CT molecular complexity index is 1310. The topological polar surface area (TPSA) is 88.3 Å². The number of aliphatic hydroxyl groups is 1. The Morgan fingerprint density at radius 3 is 2.33 bits per heavy atom. The lowest BCUT2D eigenvalue weighted by Crippen LogP contribution is -2.45. The van der Waals surface area contributed by atoms with E-state index in [1.807, 2.05) is 10.6 Å². The van der Waals surface area contributed by atoms with E-state index in [2.05, 4.69) is 10.2 Å². The molecule has 1 saturated carbocycles. The summed E-state index contributed by atoms with van der Waals surface area (Å²) in [6.45, 7) is 1.53. The van der Waals surface area contributed by atoms with Gasteiger partial charge in [0.25, 0.3) is 0 Å². The molecule has 2 aromatic carbocycles. The molecule has 2 unspecified atom stereocenters. The van der Waals surface area contributed by atoms with Crippen molar-refractivity contribution >= 4 is 10.0 Å². The largest absolute Gasteiger partial charge is 0.385 e. The first-order valence-electron chi connectivity index (χ1n) is 12.3. The molecule has 36 heavy (non-hydrogen) atoms. The number of sulfonamides is 1. The molecule has 1 aromatic heterocycles. The summed E-state index contributed by atoms with van der Waals surface area (Å²) in [5, 5.41) is 18.1. The summed E-state index contributed by atoms with van der Waals surface area (Å²) in [6, 6.07) is 10.8. The lowest BCUT2D eigenvalue weighted by Gasteiger charge is -2.38. The summed E-state index contributed by atoms with van der Waals surface area (Å²) < 4.78 is 60.7. The van der Waals surface area contributed by atoms with Gasteiger partial charge in [-0.15, -0.1) is 10.2 Å². The van der Waals surface area contributed by atoms with E-state index in [4.69, 9.17) is 0 Å². The molecule has 10 heteroatoms. The average molecular weight is 517 g/mol. The van der Waals surface area contributed by atoms with E-state index in [-0.39, 0.29) is 42.6 Å². The first-order chi connectivity index (χ1) is 17.2. The van der Waals surface area contributed by atoms with Crippen molar-refractivity contribution in [1.82, 2.24) is 19.1 Å². The zero-order chi connectivity index (χ0) is 25.5. The summed E-state index contributed by atoms with van der Waals surface area (Å²) in [5.41, 5.74) is -0.915. The van der Waals surface area contributed by atoms with E-state index in [0.717, 1.165) is 12.1 Å². The molecule has 2 aliphatic rings. The second-order valence-corrected chi connectivity index (χ2v) is 12.1. The molecular formula is C26H30F2N4O3S. The fourth-order valence-electron chi connectivity index (χ4n) is 5.63. The molecule has 0 radical (unpaired) electrons. The van der Waals surface area contributed by atoms with Crippen LogP contribution in [0.2, 0.25) is 0 Å². The van der Waals surface area contributed by atoms with E-state index in [1.54, 1.807) is 43.8 Å². The van der Waals surface area contributed by atoms with Crippen molar-refractivity contribution in [1.29, 1.82) is 0 Å². The number of halogens is 2. The Hall–Kier alpha value is -2.69. The minimum Gasteiger partial charge on any atom is -0.385 e. The van der Waals surface area contributed by atoms with Gasteiger partial charge in [-0.3, -0.25) is 0 Å². The molecule has 1 aliphatic heterocycles. The number of hydrogen-bond donors (Lipinski definition) is 1. The van der Waals surface area contributed by atoms with E-state index in [0.29, 0.717) is 31.2 Å². The van der Waals surface area contributed by atoms with Crippen LogP contribution in [0.5, 0.6) is 0 Å². The molecule has 0 spiro atoms. The number of aromatic nitrogens is 3. The van der Waals surface area contributed by atoms with Crippen molar-refractivity contribution in [3.63, 3.8) is 0 Å². The molecule has 1 saturated heterocycles. The SMILES string of the molecule is CC1CCC(c2ccccc2)S(=O)(=O)N1Cc1cc(F)c(C2(O)CCC(n3cnnc3)CC2)cc1F. The highest BCUT2D eigenvalue weighted by molar-refractivity contribution is 7.89. The molecule has 2 fully saturated rings. The van der Waals surface area contributed by atoms with E-state index < -0.39 is 32.5 Å². The lowest BCUT2D eigenvalue weighted by molar-refractivity contribution is -0.0155. The molecule has 1 N–H and O–H groups in total. The Balaban J connectivity index is 1.37. The Kier molecular flexibility index (Phi) is 6.69. The maximum absolute atomic E-state index is 15.3. The van der Waals surface area contributed by atoms with Gasteiger partial charge in [0.05, 0.1) is 5.60 Å². The summed E-state index contributed by atoms with van der Waals surface area (Å²) in [6.07, 6.45) is 5.99. The quantitative estimate of drug-likeness (QED) is 0.535. The van der Waals surface area contributed by atoms with Gasteiger partial charge < -0.3 is 9.67 Å². The van der Waals surface area contributed by atoms with Crippen LogP contribution in [0.25, 0.3) is 0 Å². The van der Waals surface area contributed by atoms with Gasteiger partial charge in [0.15, 0.2) is 0 Å². The van der Waals surface area contributed by atoms with E-state index in [1.165, 1.54) is 4.31 Å². The average Bonchev–Trinajstić information content (AvgIpc) is 3.39. The number of nitrogens with zero attached hydrogens (tertiary/aromatic N) is 4. The van der Waals surface area contributed by atoms with E-state index in [9.17, 15) is 13.5 Å². The fourth-order valence-corrected chi connectivity index (χ4v) is 7.82. The highest BCUT2D eigenvalue weighted by Gasteiger charge is 2.42. The third-order valence-corrected chi connectivity index (χ3v) is 10.2. The smallest absolute Gasteiger partial charge is 0.221 e. The normalized spacial score (nSPS) is 28.7. The third-order valence-electron chi connectivity index (χ3n) is 7.80. The first kappa shape index (κ1) is 25.0. The van der Waals surface area contributed by atoms with Gasteiger partial charge in [-0.1, -0.05) is 30.3 Å². The van der Waals surface area contributed by atoms with Gasteiger partial charge in [-0.2, -0.15) is 4.31 Å². The van der Waals surface area contributed by atoms with Crippen molar-refractivity contribution in [3.05, 3.63) is 83.4 Å². The minimum atomic E-state index is -3.78. The Morgan fingerprint density at radius 2 is 1.67 bits per heavy atom. The standard InChI is InChI=1S/C26H30F2N4O3S/c1-18-7-8-25(19-5-3-2-4-6-19)36(34,35)32(18)15-20-13-24(28)22(14-23(20)27)26(33)11-9-21(10-12-26)31-16-29-30-17-31/h2-6,13-14,16-18,21,25,33H,7-12,15H2,1H3. The summed E-state index contributed by atoms with van der Waals surface area (Å²) in [5.74, 6) is -1.44. The fraction of sp³-hybridized carbons (Fsp3) is 0.462. The summed E-state index contributed by atoms with van der Waals surface area (Å²) in [4.78, 5) is 0. The van der Waals surface area contributed by atoms with Crippen LogP contribution in [0.3, 0.4) is 0 Å². The molecule has 5 rings (SSSR count). The molecule has 1 aliphatic carbocycles. The van der Waals surface area contributed by atoms with Gasteiger partial charge in [0, 0.05) is 29.8 Å². The zero-order valence-electron chi connectivity index (χ0n) is 20.1. The van der Waals surface area contributed by atoms with Gasteiger partial charge in [-0.05, 0) is 63.1 Å². The highest BCUT2D eigenvalue weighted by atomic mass is 32.2. The molecule has 0 bridgehead atoms. The van der Waals surface area contributed by atoms with Crippen molar-refractivity contribution < 1.29 is 22.3 Å². The predicted octanol–water partition coefficient (Wildman–Crippen LogP) is 4.61. The summed E-state index contributed by atoms with van der Waals surface area (Å²) >= 11 is 0. The lowest BCUT2D eigenvalue weighted by atomic mass is 9.77. The maximum Gasteiger partial charge on any atom is 0.221 e. The Labute approximate surface area is 209 Å². The summed E-state index contributed by atoms with van der Waals surface area (Å²) in [7, 11) is -3.78.